The van der Waals surface area contributed by atoms with Crippen LogP contribution in [0.4, 0.5) is 0 Å². The predicted octanol–water partition coefficient (Wildman–Crippen LogP) is 3.18. The molecule has 0 unspecified atom stereocenters. The van der Waals surface area contributed by atoms with Crippen molar-refractivity contribution in [2.24, 2.45) is 0 Å². The van der Waals surface area contributed by atoms with Gasteiger partial charge in [-0.05, 0) is 0 Å². The van der Waals surface area contributed by atoms with E-state index in [-0.39, 0.29) is 0 Å². The molecule has 0 aromatic rings. The molecule has 0 aromatic heterocycles. The minimum absolute atomic E-state index is 1.11. The van der Waals surface area contributed by atoms with Crippen LogP contribution in [-0.2, 0) is 0 Å². The Bertz CT molecular complexity index is 25.0. The number of unbranched alkanes of at least 4 members (excludes halogenated alkanes) is 5. The lowest BCUT2D eigenvalue weighted by Crippen LogP contribution is -1.74. The lowest BCUT2D eigenvalue weighted by atomic mass is 10.1. The maximum absolute atomic E-state index is 3.78. The first-order chi connectivity index (χ1) is 3.91. The van der Waals surface area contributed by atoms with E-state index in [0.717, 1.165) is 6.42 Å². The molecular weight excluding hydrogens is 96.1 g/mol. The molecule has 0 aliphatic carbocycles. The molecule has 0 atom stereocenters. The highest BCUT2D eigenvalue weighted by molar-refractivity contribution is 4.43. The molecule has 0 spiro atoms. The van der Waals surface area contributed by atoms with Crippen molar-refractivity contribution in [3.8, 4) is 0 Å². The summed E-state index contributed by atoms with van der Waals surface area (Å²) in [5.41, 5.74) is 0. The van der Waals surface area contributed by atoms with Crippen molar-refractivity contribution in [1.29, 1.82) is 0 Å². The fourth-order valence-corrected chi connectivity index (χ4v) is 0.780. The third-order valence-electron chi connectivity index (χ3n) is 1.35. The van der Waals surface area contributed by atoms with Crippen LogP contribution in [0.25, 0.3) is 0 Å². The molecule has 0 saturated heterocycles. The van der Waals surface area contributed by atoms with E-state index in [0.29, 0.717) is 0 Å². The lowest BCUT2D eigenvalue weighted by Gasteiger charge is -1.93. The molecule has 1 radical (unpaired) electrons. The summed E-state index contributed by atoms with van der Waals surface area (Å²) in [6.45, 7) is 6.02. The molecule has 49 valence electrons. The molecule has 0 fully saturated rings. The van der Waals surface area contributed by atoms with Gasteiger partial charge in [0.1, 0.15) is 0 Å². The monoisotopic (exact) mass is 113 g/mol. The maximum atomic E-state index is 3.78. The molecule has 0 aliphatic rings. The molecule has 0 heteroatoms. The molecule has 0 saturated carbocycles. The summed E-state index contributed by atoms with van der Waals surface area (Å²) in [6.07, 6.45) is 7.98. The Morgan fingerprint density at radius 1 is 1.00 bits per heavy atom. The van der Waals surface area contributed by atoms with Gasteiger partial charge in [-0.3, -0.25) is 0 Å². The second-order valence-electron chi connectivity index (χ2n) is 2.27. The van der Waals surface area contributed by atoms with Gasteiger partial charge in [-0.15, -0.1) is 0 Å². The van der Waals surface area contributed by atoms with E-state index in [4.69, 9.17) is 0 Å². The Balaban J connectivity index is 2.53. The van der Waals surface area contributed by atoms with Crippen LogP contribution in [0, 0.1) is 6.92 Å². The summed E-state index contributed by atoms with van der Waals surface area (Å²) in [4.78, 5) is 0. The van der Waals surface area contributed by atoms with E-state index < -0.39 is 0 Å². The summed E-state index contributed by atoms with van der Waals surface area (Å²) in [7, 11) is 0. The average molecular weight is 113 g/mol. The fraction of sp³-hybridized carbons (Fsp3) is 0.875. The molecule has 8 heavy (non-hydrogen) atoms. The lowest BCUT2D eigenvalue weighted by molar-refractivity contribution is 0.637. The minimum atomic E-state index is 1.11. The van der Waals surface area contributed by atoms with Crippen molar-refractivity contribution >= 4 is 0 Å². The zero-order valence-corrected chi connectivity index (χ0v) is 5.95. The predicted molar refractivity (Wildman–Crippen MR) is 38.7 cm³/mol. The van der Waals surface area contributed by atoms with Crippen LogP contribution in [0.1, 0.15) is 45.4 Å². The van der Waals surface area contributed by atoms with Crippen LogP contribution in [0.3, 0.4) is 0 Å². The normalized spacial score (nSPS) is 9.75. The highest BCUT2D eigenvalue weighted by atomic mass is 13.9. The Hall–Kier alpha value is 0. The molecule has 0 nitrogen and oxygen atoms in total. The second-order valence-corrected chi connectivity index (χ2v) is 2.27. The van der Waals surface area contributed by atoms with Gasteiger partial charge in [0.05, 0.1) is 0 Å². The molecule has 0 aliphatic heterocycles. The van der Waals surface area contributed by atoms with Gasteiger partial charge >= 0.3 is 0 Å². The quantitative estimate of drug-likeness (QED) is 0.480. The van der Waals surface area contributed by atoms with Crippen LogP contribution >= 0.6 is 0 Å². The first-order valence-electron chi connectivity index (χ1n) is 3.71. The molecule has 0 rings (SSSR count). The van der Waals surface area contributed by atoms with E-state index in [1.54, 1.807) is 0 Å². The van der Waals surface area contributed by atoms with Gasteiger partial charge in [0.15, 0.2) is 0 Å². The molecule has 0 heterocycles. The summed E-state index contributed by atoms with van der Waals surface area (Å²) >= 11 is 0. The van der Waals surface area contributed by atoms with Crippen LogP contribution < -0.4 is 0 Å². The van der Waals surface area contributed by atoms with Crippen LogP contribution in [0.2, 0.25) is 0 Å². The van der Waals surface area contributed by atoms with Gasteiger partial charge in [-0.2, -0.15) is 0 Å². The third kappa shape index (κ3) is 6.00. The highest BCUT2D eigenvalue weighted by Crippen LogP contribution is 2.03. The summed E-state index contributed by atoms with van der Waals surface area (Å²) in [6, 6.07) is 0. The fourth-order valence-electron chi connectivity index (χ4n) is 0.780. The topological polar surface area (TPSA) is 0 Å². The number of hydrogen-bond donors (Lipinski definition) is 0. The SMILES string of the molecule is [CH2]CCCCCCC. The van der Waals surface area contributed by atoms with Gasteiger partial charge in [0.2, 0.25) is 0 Å². The van der Waals surface area contributed by atoms with E-state index in [1.165, 1.54) is 32.1 Å². The highest BCUT2D eigenvalue weighted by Gasteiger charge is 1.83. The maximum Gasteiger partial charge on any atom is -0.0533 e. The molecule has 0 N–H and O–H groups in total. The first-order valence-corrected chi connectivity index (χ1v) is 3.71. The van der Waals surface area contributed by atoms with Crippen molar-refractivity contribution in [2.45, 2.75) is 45.4 Å². The molecule has 0 bridgehead atoms. The van der Waals surface area contributed by atoms with Crippen LogP contribution in [-0.4, -0.2) is 0 Å². The number of hydrogen-bond acceptors (Lipinski definition) is 0. The summed E-state index contributed by atoms with van der Waals surface area (Å²) < 4.78 is 0. The van der Waals surface area contributed by atoms with Crippen LogP contribution in [0.15, 0.2) is 0 Å². The molecular formula is C8H17. The van der Waals surface area contributed by atoms with E-state index in [2.05, 4.69) is 13.8 Å². The van der Waals surface area contributed by atoms with Crippen LogP contribution in [0.5, 0.6) is 0 Å². The zero-order chi connectivity index (χ0) is 6.24. The van der Waals surface area contributed by atoms with Gasteiger partial charge in [-0.25, -0.2) is 0 Å². The van der Waals surface area contributed by atoms with Gasteiger partial charge in [0.25, 0.3) is 0 Å². The summed E-state index contributed by atoms with van der Waals surface area (Å²) in [5, 5.41) is 0. The second kappa shape index (κ2) is 7.00. The van der Waals surface area contributed by atoms with Gasteiger partial charge in [0, 0.05) is 0 Å². The van der Waals surface area contributed by atoms with E-state index in [1.807, 2.05) is 0 Å². The Morgan fingerprint density at radius 3 is 2.12 bits per heavy atom. The van der Waals surface area contributed by atoms with Gasteiger partial charge < -0.3 is 0 Å². The van der Waals surface area contributed by atoms with E-state index >= 15 is 0 Å². The Morgan fingerprint density at radius 2 is 1.62 bits per heavy atom. The number of rotatable bonds is 5. The average Bonchev–Trinajstić information content (AvgIpc) is 1.81. The van der Waals surface area contributed by atoms with Crippen molar-refractivity contribution in [3.63, 3.8) is 0 Å². The van der Waals surface area contributed by atoms with Crippen molar-refractivity contribution < 1.29 is 0 Å². The minimum Gasteiger partial charge on any atom is -0.0654 e. The standard InChI is InChI=1S/C8H17/c1-3-5-7-8-6-4-2/h1,3-8H2,2H3. The largest absolute Gasteiger partial charge is 0.0654 e. The zero-order valence-electron chi connectivity index (χ0n) is 5.95. The Kier molecular flexibility index (Phi) is 7.00. The first kappa shape index (κ1) is 8.00. The Labute approximate surface area is 53.3 Å². The third-order valence-corrected chi connectivity index (χ3v) is 1.35. The van der Waals surface area contributed by atoms with Crippen molar-refractivity contribution in [3.05, 3.63) is 6.92 Å². The summed E-state index contributed by atoms with van der Waals surface area (Å²) in [5.74, 6) is 0. The van der Waals surface area contributed by atoms with Gasteiger partial charge in [-0.1, -0.05) is 52.4 Å². The van der Waals surface area contributed by atoms with Crippen molar-refractivity contribution in [2.75, 3.05) is 0 Å². The smallest absolute Gasteiger partial charge is 0.0533 e. The molecule has 0 aromatic carbocycles. The van der Waals surface area contributed by atoms with E-state index in [9.17, 15) is 0 Å². The molecule has 0 amide bonds. The van der Waals surface area contributed by atoms with Crippen molar-refractivity contribution in [1.82, 2.24) is 0 Å².